The molecule has 2 aromatic rings. The molecule has 0 radical (unpaired) electrons. The van der Waals surface area contributed by atoms with Crippen LogP contribution in [0.4, 0.5) is 0 Å². The van der Waals surface area contributed by atoms with Crippen LogP contribution in [-0.4, -0.2) is 53.3 Å². The topological polar surface area (TPSA) is 53.5 Å². The maximum atomic E-state index is 12.8. The molecule has 2 heterocycles. The summed E-state index contributed by atoms with van der Waals surface area (Å²) in [6.07, 6.45) is 8.53. The Hall–Kier alpha value is -2.21. The maximum Gasteiger partial charge on any atom is 0.273 e. The lowest BCUT2D eigenvalue weighted by Gasteiger charge is -2.34. The van der Waals surface area contributed by atoms with Gasteiger partial charge in [0.25, 0.3) is 5.91 Å². The van der Waals surface area contributed by atoms with E-state index in [9.17, 15) is 9.59 Å². The molecule has 1 saturated carbocycles. The van der Waals surface area contributed by atoms with Gasteiger partial charge < -0.3 is 9.80 Å². The second kappa shape index (κ2) is 10.4. The lowest BCUT2D eigenvalue weighted by Crippen LogP contribution is -2.41. The summed E-state index contributed by atoms with van der Waals surface area (Å²) in [4.78, 5) is 34.1. The van der Waals surface area contributed by atoms with Crippen LogP contribution >= 0.6 is 11.3 Å². The fourth-order valence-corrected chi connectivity index (χ4v) is 5.73. The summed E-state index contributed by atoms with van der Waals surface area (Å²) >= 11 is 1.59. The van der Waals surface area contributed by atoms with Crippen LogP contribution in [0.25, 0.3) is 0 Å². The molecule has 166 valence electrons. The van der Waals surface area contributed by atoms with Crippen molar-refractivity contribution in [1.82, 2.24) is 14.8 Å². The van der Waals surface area contributed by atoms with Crippen molar-refractivity contribution in [3.8, 4) is 0 Å². The summed E-state index contributed by atoms with van der Waals surface area (Å²) in [5, 5.41) is 2.94. The maximum absolute atomic E-state index is 12.8. The molecule has 1 aromatic heterocycles. The first-order chi connectivity index (χ1) is 15.1. The highest BCUT2D eigenvalue weighted by atomic mass is 32.1. The summed E-state index contributed by atoms with van der Waals surface area (Å²) in [6.45, 7) is 2.32. The van der Waals surface area contributed by atoms with Gasteiger partial charge in [0, 0.05) is 43.9 Å². The van der Waals surface area contributed by atoms with Crippen LogP contribution in [0.1, 0.15) is 71.9 Å². The number of hydrogen-bond acceptors (Lipinski definition) is 4. The van der Waals surface area contributed by atoms with E-state index in [1.165, 1.54) is 24.8 Å². The average molecular weight is 440 g/mol. The van der Waals surface area contributed by atoms with Crippen molar-refractivity contribution in [2.45, 2.75) is 57.3 Å². The number of likely N-dealkylation sites (N-methyl/N-ethyl adjacent to an activating group) is 1. The number of thiazole rings is 1. The third kappa shape index (κ3) is 5.53. The number of benzene rings is 1. The van der Waals surface area contributed by atoms with Crippen LogP contribution in [0.3, 0.4) is 0 Å². The van der Waals surface area contributed by atoms with E-state index in [-0.39, 0.29) is 11.8 Å². The monoisotopic (exact) mass is 439 g/mol. The average Bonchev–Trinajstić information content (AvgIpc) is 3.33. The summed E-state index contributed by atoms with van der Waals surface area (Å²) < 4.78 is 0. The van der Waals surface area contributed by atoms with E-state index in [4.69, 9.17) is 4.98 Å². The molecule has 2 fully saturated rings. The Bertz CT molecular complexity index is 868. The van der Waals surface area contributed by atoms with Gasteiger partial charge in [-0.25, -0.2) is 4.98 Å². The number of hydrogen-bond donors (Lipinski definition) is 0. The van der Waals surface area contributed by atoms with Crippen LogP contribution in [-0.2, 0) is 11.2 Å². The second-order valence-electron chi connectivity index (χ2n) is 8.97. The Morgan fingerprint density at radius 2 is 1.77 bits per heavy atom. The molecule has 31 heavy (non-hydrogen) atoms. The molecule has 5 nitrogen and oxygen atoms in total. The quantitative estimate of drug-likeness (QED) is 0.653. The smallest absolute Gasteiger partial charge is 0.273 e. The van der Waals surface area contributed by atoms with Crippen LogP contribution in [0.2, 0.25) is 0 Å². The molecule has 1 saturated heterocycles. The molecule has 0 unspecified atom stereocenters. The van der Waals surface area contributed by atoms with Gasteiger partial charge in [-0.3, -0.25) is 9.59 Å². The normalized spacial score (nSPS) is 18.2. The number of amides is 2. The van der Waals surface area contributed by atoms with Crippen molar-refractivity contribution < 1.29 is 9.59 Å². The van der Waals surface area contributed by atoms with E-state index in [1.807, 2.05) is 30.6 Å². The van der Waals surface area contributed by atoms with Crippen LogP contribution in [0.5, 0.6) is 0 Å². The molecule has 2 amide bonds. The summed E-state index contributed by atoms with van der Waals surface area (Å²) in [5.74, 6) is 0.967. The zero-order valence-corrected chi connectivity index (χ0v) is 19.3. The Balaban J connectivity index is 1.27. The predicted octanol–water partition coefficient (Wildman–Crippen LogP) is 4.74. The molecule has 6 heteroatoms. The number of rotatable bonds is 6. The van der Waals surface area contributed by atoms with E-state index in [2.05, 4.69) is 17.0 Å². The van der Waals surface area contributed by atoms with Crippen molar-refractivity contribution in [3.05, 3.63) is 52.0 Å². The Morgan fingerprint density at radius 1 is 1.06 bits per heavy atom. The number of nitrogens with zero attached hydrogens (tertiary/aromatic N) is 3. The molecule has 2 aliphatic rings. The van der Waals surface area contributed by atoms with E-state index in [1.54, 1.807) is 16.2 Å². The lowest BCUT2D eigenvalue weighted by molar-refractivity contribution is -0.137. The van der Waals surface area contributed by atoms with Gasteiger partial charge in [-0.2, -0.15) is 0 Å². The molecule has 0 atom stereocenters. The van der Waals surface area contributed by atoms with Crippen molar-refractivity contribution in [1.29, 1.82) is 0 Å². The Kier molecular flexibility index (Phi) is 7.38. The van der Waals surface area contributed by atoms with Gasteiger partial charge in [0.15, 0.2) is 0 Å². The van der Waals surface area contributed by atoms with Crippen molar-refractivity contribution in [2.75, 3.05) is 26.7 Å². The number of likely N-dealkylation sites (tertiary alicyclic amines) is 1. The lowest BCUT2D eigenvalue weighted by atomic mass is 9.87. The molecule has 1 aliphatic carbocycles. The Morgan fingerprint density at radius 3 is 2.48 bits per heavy atom. The molecule has 0 bridgehead atoms. The standard InChI is InChI=1S/C25H33N3O2S/c1-27(15-12-19-8-4-2-5-9-19)25(30)22-18-31-23(26-22)20-13-16-28(17-14-20)24(29)21-10-6-3-7-11-21/h2,4-5,8-9,18,20-21H,3,6-7,10-17H2,1H3. The molecule has 0 N–H and O–H groups in total. The SMILES string of the molecule is CN(CCc1ccccc1)C(=O)c1csc(C2CCN(C(=O)C3CCCCC3)CC2)n1. The third-order valence-electron chi connectivity index (χ3n) is 6.78. The predicted molar refractivity (Wildman–Crippen MR) is 124 cm³/mol. The van der Waals surface area contributed by atoms with Gasteiger partial charge >= 0.3 is 0 Å². The first kappa shape index (κ1) is 22.0. The van der Waals surface area contributed by atoms with E-state index in [0.29, 0.717) is 24.1 Å². The zero-order valence-electron chi connectivity index (χ0n) is 18.5. The minimum atomic E-state index is -0.0108. The first-order valence-electron chi connectivity index (χ1n) is 11.7. The van der Waals surface area contributed by atoms with Crippen LogP contribution in [0.15, 0.2) is 35.7 Å². The molecule has 4 rings (SSSR count). The van der Waals surface area contributed by atoms with Gasteiger partial charge in [0.2, 0.25) is 5.91 Å². The highest BCUT2D eigenvalue weighted by molar-refractivity contribution is 7.09. The van der Waals surface area contributed by atoms with E-state index >= 15 is 0 Å². The highest BCUT2D eigenvalue weighted by Crippen LogP contribution is 2.32. The highest BCUT2D eigenvalue weighted by Gasteiger charge is 2.30. The van der Waals surface area contributed by atoms with Gasteiger partial charge in [-0.05, 0) is 37.7 Å². The minimum Gasteiger partial charge on any atom is -0.342 e. The number of aromatic nitrogens is 1. The van der Waals surface area contributed by atoms with Crippen LogP contribution < -0.4 is 0 Å². The van der Waals surface area contributed by atoms with E-state index in [0.717, 1.165) is 50.2 Å². The second-order valence-corrected chi connectivity index (χ2v) is 9.86. The van der Waals surface area contributed by atoms with Crippen LogP contribution in [0, 0.1) is 5.92 Å². The fraction of sp³-hybridized carbons (Fsp3) is 0.560. The fourth-order valence-electron chi connectivity index (χ4n) is 4.77. The van der Waals surface area contributed by atoms with Gasteiger partial charge in [0.05, 0.1) is 5.01 Å². The summed E-state index contributed by atoms with van der Waals surface area (Å²) in [7, 11) is 1.85. The minimum absolute atomic E-state index is 0.0108. The van der Waals surface area contributed by atoms with E-state index < -0.39 is 0 Å². The largest absolute Gasteiger partial charge is 0.342 e. The van der Waals surface area contributed by atoms with Gasteiger partial charge in [0.1, 0.15) is 5.69 Å². The molecular weight excluding hydrogens is 406 g/mol. The summed E-state index contributed by atoms with van der Waals surface area (Å²) in [5.41, 5.74) is 1.78. The van der Waals surface area contributed by atoms with Crippen molar-refractivity contribution in [2.24, 2.45) is 5.92 Å². The zero-order chi connectivity index (χ0) is 21.6. The third-order valence-corrected chi connectivity index (χ3v) is 7.78. The number of piperidine rings is 1. The van der Waals surface area contributed by atoms with Gasteiger partial charge in [-0.15, -0.1) is 11.3 Å². The number of carbonyl (C=O) groups excluding carboxylic acids is 2. The molecule has 1 aromatic carbocycles. The summed E-state index contributed by atoms with van der Waals surface area (Å²) in [6, 6.07) is 10.2. The van der Waals surface area contributed by atoms with Crippen molar-refractivity contribution >= 4 is 23.2 Å². The van der Waals surface area contributed by atoms with Gasteiger partial charge in [-0.1, -0.05) is 49.6 Å². The Labute approximate surface area is 189 Å². The molecule has 0 spiro atoms. The molecular formula is C25H33N3O2S. The van der Waals surface area contributed by atoms with Crippen molar-refractivity contribution in [3.63, 3.8) is 0 Å². The first-order valence-corrected chi connectivity index (χ1v) is 12.5. The molecule has 1 aliphatic heterocycles. The number of carbonyl (C=O) groups is 2.